The summed E-state index contributed by atoms with van der Waals surface area (Å²) in [7, 11) is 0. The first-order valence-electron chi connectivity index (χ1n) is 7.29. The predicted molar refractivity (Wildman–Crippen MR) is 70.3 cm³/mol. The number of rotatable bonds is 7. The molecule has 1 aliphatic carbocycles. The van der Waals surface area contributed by atoms with Crippen molar-refractivity contribution in [2.45, 2.75) is 58.3 Å². The molecule has 1 heterocycles. The van der Waals surface area contributed by atoms with E-state index in [1.54, 1.807) is 0 Å². The van der Waals surface area contributed by atoms with Gasteiger partial charge >= 0.3 is 6.03 Å². The summed E-state index contributed by atoms with van der Waals surface area (Å²) >= 11 is 0. The van der Waals surface area contributed by atoms with Gasteiger partial charge in [-0.2, -0.15) is 0 Å². The number of hydrogen-bond acceptors (Lipinski definition) is 3. The van der Waals surface area contributed by atoms with E-state index in [1.165, 1.54) is 24.2 Å². The van der Waals surface area contributed by atoms with Gasteiger partial charge in [0.25, 0.3) is 0 Å². The average molecular weight is 266 g/mol. The van der Waals surface area contributed by atoms with Crippen LogP contribution in [0.15, 0.2) is 0 Å². The maximum atomic E-state index is 12.1. The normalized spacial score (nSPS) is 20.9. The molecule has 0 aromatic heterocycles. The van der Waals surface area contributed by atoms with E-state index in [4.69, 9.17) is 0 Å². The minimum atomic E-state index is -0.893. The molecule has 1 saturated carbocycles. The van der Waals surface area contributed by atoms with Crippen molar-refractivity contribution in [2.75, 3.05) is 6.54 Å². The third-order valence-electron chi connectivity index (χ3n) is 4.04. The van der Waals surface area contributed by atoms with Crippen molar-refractivity contribution in [2.24, 2.45) is 5.41 Å². The summed E-state index contributed by atoms with van der Waals surface area (Å²) in [5.41, 5.74) is -0.893. The van der Waals surface area contributed by atoms with E-state index in [0.29, 0.717) is 19.4 Å². The molecule has 19 heavy (non-hydrogen) atoms. The molecule has 1 aliphatic heterocycles. The molecule has 5 nitrogen and oxygen atoms in total. The van der Waals surface area contributed by atoms with Crippen LogP contribution in [0.5, 0.6) is 0 Å². The number of hydrogen-bond donors (Lipinski definition) is 1. The van der Waals surface area contributed by atoms with E-state index in [-0.39, 0.29) is 5.91 Å². The van der Waals surface area contributed by atoms with Gasteiger partial charge in [-0.15, -0.1) is 0 Å². The summed E-state index contributed by atoms with van der Waals surface area (Å²) in [6, 6.07) is -0.541. The van der Waals surface area contributed by atoms with Gasteiger partial charge in [0, 0.05) is 6.54 Å². The third kappa shape index (κ3) is 2.80. The second kappa shape index (κ2) is 5.72. The summed E-state index contributed by atoms with van der Waals surface area (Å²) in [5, 5.41) is 2.30. The van der Waals surface area contributed by atoms with Crippen LogP contribution in [0.4, 0.5) is 4.79 Å². The van der Waals surface area contributed by atoms with Crippen molar-refractivity contribution in [3.63, 3.8) is 0 Å². The maximum Gasteiger partial charge on any atom is 0.330 e. The number of amides is 4. The summed E-state index contributed by atoms with van der Waals surface area (Å²) in [4.78, 5) is 36.7. The van der Waals surface area contributed by atoms with Crippen molar-refractivity contribution in [1.29, 1.82) is 0 Å². The molecule has 1 spiro atoms. The zero-order valence-corrected chi connectivity index (χ0v) is 11.5. The summed E-state index contributed by atoms with van der Waals surface area (Å²) in [6.45, 7) is 2.61. The van der Waals surface area contributed by atoms with Gasteiger partial charge in [0.1, 0.15) is 5.41 Å². The second-order valence-corrected chi connectivity index (χ2v) is 5.57. The standard InChI is InChI=1S/C14H22N2O3/c1-2-3-4-5-6-7-10-16-12(18)14(8-9-14)11(17)15-13(16)19/h2-10H2,1H3,(H,15,17,19). The van der Waals surface area contributed by atoms with Crippen LogP contribution in [0.2, 0.25) is 0 Å². The third-order valence-corrected chi connectivity index (χ3v) is 4.04. The van der Waals surface area contributed by atoms with Crippen LogP contribution in [0.25, 0.3) is 0 Å². The Morgan fingerprint density at radius 1 is 1.05 bits per heavy atom. The average Bonchev–Trinajstić information content (AvgIpc) is 3.17. The number of carbonyl (C=O) groups is 3. The minimum Gasteiger partial charge on any atom is -0.277 e. The van der Waals surface area contributed by atoms with E-state index in [1.807, 2.05) is 0 Å². The van der Waals surface area contributed by atoms with Gasteiger partial charge in [0.15, 0.2) is 0 Å². The lowest BCUT2D eigenvalue weighted by Gasteiger charge is -2.30. The molecule has 5 heteroatoms. The highest BCUT2D eigenvalue weighted by Crippen LogP contribution is 2.48. The minimum absolute atomic E-state index is 0.283. The van der Waals surface area contributed by atoms with Crippen molar-refractivity contribution in [1.82, 2.24) is 10.2 Å². The van der Waals surface area contributed by atoms with Gasteiger partial charge in [0.05, 0.1) is 0 Å². The van der Waals surface area contributed by atoms with Crippen molar-refractivity contribution in [3.05, 3.63) is 0 Å². The fourth-order valence-electron chi connectivity index (χ4n) is 2.55. The molecule has 0 radical (unpaired) electrons. The second-order valence-electron chi connectivity index (χ2n) is 5.57. The molecule has 0 bridgehead atoms. The fourth-order valence-corrected chi connectivity index (χ4v) is 2.55. The van der Waals surface area contributed by atoms with Crippen molar-refractivity contribution >= 4 is 17.8 Å². The highest BCUT2D eigenvalue weighted by atomic mass is 16.2. The van der Waals surface area contributed by atoms with Crippen LogP contribution in [-0.2, 0) is 9.59 Å². The molecular weight excluding hydrogens is 244 g/mol. The lowest BCUT2D eigenvalue weighted by atomic mass is 10.0. The Kier molecular flexibility index (Phi) is 4.22. The first-order chi connectivity index (χ1) is 9.12. The van der Waals surface area contributed by atoms with Gasteiger partial charge in [0.2, 0.25) is 11.8 Å². The molecule has 4 amide bonds. The van der Waals surface area contributed by atoms with Gasteiger partial charge in [-0.05, 0) is 19.3 Å². The number of barbiturate groups is 1. The number of carbonyl (C=O) groups excluding carboxylic acids is 3. The van der Waals surface area contributed by atoms with Gasteiger partial charge in [-0.25, -0.2) is 4.79 Å². The predicted octanol–water partition coefficient (Wildman–Crippen LogP) is 2.21. The molecule has 2 rings (SSSR count). The highest BCUT2D eigenvalue weighted by molar-refractivity contribution is 6.20. The van der Waals surface area contributed by atoms with Crippen molar-refractivity contribution in [3.8, 4) is 0 Å². The van der Waals surface area contributed by atoms with E-state index in [2.05, 4.69) is 12.2 Å². The topological polar surface area (TPSA) is 66.5 Å². The molecule has 106 valence electrons. The van der Waals surface area contributed by atoms with Gasteiger partial charge in [-0.1, -0.05) is 39.0 Å². The zero-order valence-electron chi connectivity index (χ0n) is 11.5. The zero-order chi connectivity index (χ0) is 13.9. The van der Waals surface area contributed by atoms with Crippen LogP contribution in [0.1, 0.15) is 58.3 Å². The summed E-state index contributed by atoms with van der Waals surface area (Å²) < 4.78 is 0. The molecule has 2 fully saturated rings. The van der Waals surface area contributed by atoms with Crippen LogP contribution in [-0.4, -0.2) is 29.3 Å². The van der Waals surface area contributed by atoms with E-state index in [0.717, 1.165) is 19.3 Å². The molecule has 2 aliphatic rings. The lowest BCUT2D eigenvalue weighted by molar-refractivity contribution is -0.144. The summed E-state index contributed by atoms with van der Waals surface area (Å²) in [5.74, 6) is -0.684. The van der Waals surface area contributed by atoms with Crippen LogP contribution in [0.3, 0.4) is 0 Å². The van der Waals surface area contributed by atoms with Crippen LogP contribution < -0.4 is 5.32 Å². The Balaban J connectivity index is 1.78. The molecule has 1 N–H and O–H groups in total. The molecule has 0 aromatic carbocycles. The van der Waals surface area contributed by atoms with E-state index in [9.17, 15) is 14.4 Å². The largest absolute Gasteiger partial charge is 0.330 e. The lowest BCUT2D eigenvalue weighted by Crippen LogP contribution is -2.59. The Bertz CT molecular complexity index is 388. The summed E-state index contributed by atoms with van der Waals surface area (Å²) in [6.07, 6.45) is 7.81. The van der Waals surface area contributed by atoms with Crippen molar-refractivity contribution < 1.29 is 14.4 Å². The Labute approximate surface area is 113 Å². The highest BCUT2D eigenvalue weighted by Gasteiger charge is 2.61. The smallest absolute Gasteiger partial charge is 0.277 e. The molecule has 0 aromatic rings. The van der Waals surface area contributed by atoms with E-state index >= 15 is 0 Å². The number of nitrogens with one attached hydrogen (secondary N) is 1. The molecular formula is C14H22N2O3. The Hall–Kier alpha value is -1.39. The van der Waals surface area contributed by atoms with Crippen LogP contribution >= 0.6 is 0 Å². The molecule has 1 saturated heterocycles. The van der Waals surface area contributed by atoms with Gasteiger partial charge < -0.3 is 0 Å². The maximum absolute atomic E-state index is 12.1. The first kappa shape index (κ1) is 14.0. The monoisotopic (exact) mass is 266 g/mol. The molecule has 0 atom stereocenters. The number of urea groups is 1. The van der Waals surface area contributed by atoms with Gasteiger partial charge in [-0.3, -0.25) is 19.8 Å². The number of nitrogens with zero attached hydrogens (tertiary/aromatic N) is 1. The SMILES string of the molecule is CCCCCCCCN1C(=O)NC(=O)C2(CC2)C1=O. The molecule has 0 unspecified atom stereocenters. The first-order valence-corrected chi connectivity index (χ1v) is 7.29. The van der Waals surface area contributed by atoms with E-state index < -0.39 is 17.4 Å². The Morgan fingerprint density at radius 3 is 2.32 bits per heavy atom. The fraction of sp³-hybridized carbons (Fsp3) is 0.786. The quantitative estimate of drug-likeness (QED) is 0.567. The number of unbranched alkanes of at least 4 members (excludes halogenated alkanes) is 5. The van der Waals surface area contributed by atoms with Crippen LogP contribution in [0, 0.1) is 5.41 Å². The number of imide groups is 2. The Morgan fingerprint density at radius 2 is 1.68 bits per heavy atom.